The van der Waals surface area contributed by atoms with E-state index < -0.39 is 30.9 Å². The molecule has 0 saturated carbocycles. The van der Waals surface area contributed by atoms with Crippen LogP contribution in [0.1, 0.15) is 120 Å². The molecule has 16 heteroatoms. The number of benzene rings is 3. The van der Waals surface area contributed by atoms with Crippen LogP contribution in [0, 0.1) is 0 Å². The third-order valence-corrected chi connectivity index (χ3v) is 15.9. The first-order valence-corrected chi connectivity index (χ1v) is 27.7. The highest BCUT2D eigenvalue weighted by Crippen LogP contribution is 2.37. The average molecular weight is 970 g/mol. The van der Waals surface area contributed by atoms with Crippen molar-refractivity contribution in [1.29, 1.82) is 0 Å². The van der Waals surface area contributed by atoms with Crippen LogP contribution in [0.4, 0.5) is 5.69 Å². The lowest BCUT2D eigenvalue weighted by Gasteiger charge is -2.36. The van der Waals surface area contributed by atoms with Gasteiger partial charge < -0.3 is 19.1 Å². The summed E-state index contributed by atoms with van der Waals surface area (Å²) in [6.45, 7) is 6.44. The number of rotatable bonds is 22. The number of piperidine rings is 1. The molecule has 3 aliphatic rings. The van der Waals surface area contributed by atoms with Crippen molar-refractivity contribution in [2.24, 2.45) is 0 Å². The molecule has 1 atom stereocenters. The molecular weight excluding hydrogens is 907 g/mol. The summed E-state index contributed by atoms with van der Waals surface area (Å²) >= 11 is 8.54. The van der Waals surface area contributed by atoms with E-state index >= 15 is 0 Å². The van der Waals surface area contributed by atoms with Crippen molar-refractivity contribution in [3.63, 3.8) is 0 Å². The lowest BCUT2D eigenvalue weighted by molar-refractivity contribution is -0.136. The van der Waals surface area contributed by atoms with Gasteiger partial charge in [-0.3, -0.25) is 34.2 Å². The maximum atomic E-state index is 13.3. The van der Waals surface area contributed by atoms with Crippen LogP contribution in [0.5, 0.6) is 5.75 Å². The molecule has 0 radical (unpaired) electrons. The highest BCUT2D eigenvalue weighted by molar-refractivity contribution is 7.99. The Hall–Kier alpha value is -5.04. The van der Waals surface area contributed by atoms with Crippen molar-refractivity contribution in [3.8, 4) is 5.75 Å². The lowest BCUT2D eigenvalue weighted by Crippen LogP contribution is -2.54. The Bertz CT molecular complexity index is 2510. The highest BCUT2D eigenvalue weighted by Gasteiger charge is 2.45. The van der Waals surface area contributed by atoms with Crippen molar-refractivity contribution in [3.05, 3.63) is 111 Å². The van der Waals surface area contributed by atoms with Gasteiger partial charge in [0.25, 0.3) is 11.8 Å². The number of aromatic nitrogens is 2. The number of fused-ring (bicyclic) bond motifs is 1. The van der Waals surface area contributed by atoms with Gasteiger partial charge in [-0.15, -0.1) is 0 Å². The molecule has 7 rings (SSSR count). The second kappa shape index (κ2) is 23.3. The minimum atomic E-state index is -2.48. The van der Waals surface area contributed by atoms with Crippen LogP contribution in [0.3, 0.4) is 0 Å². The number of halogens is 1. The number of anilines is 1. The van der Waals surface area contributed by atoms with Gasteiger partial charge in [-0.1, -0.05) is 79.7 Å². The van der Waals surface area contributed by atoms with E-state index in [0.717, 1.165) is 114 Å². The van der Waals surface area contributed by atoms with E-state index in [-0.39, 0.29) is 24.7 Å². The molecule has 0 bridgehead atoms. The Morgan fingerprint density at radius 2 is 1.55 bits per heavy atom. The Kier molecular flexibility index (Phi) is 17.3. The van der Waals surface area contributed by atoms with Crippen LogP contribution < -0.4 is 20.3 Å². The van der Waals surface area contributed by atoms with Crippen LogP contribution in [0.15, 0.2) is 66.9 Å². The number of hydrogen-bond acceptors (Lipinski definition) is 11. The van der Waals surface area contributed by atoms with Crippen LogP contribution in [0.2, 0.25) is 5.02 Å². The standard InChI is InChI=1S/C51H62ClN6O7PS/c1-65-43-33-38(22-21-36(43)32-45-53-34-40(52)41(54-45)31-37-16-10-11-19-44(37)66(2,3)64)56-25-27-57(28-26-56)47(60)20-9-5-7-13-30-67-29-12-6-4-8-15-35-17-14-18-39-48(35)51(63)58(50(39)62)42-23-24-46(59)55-49(42)61/h10-11,14,16-19,21-22,33-34,42H,4-9,12-13,15,20,23-32H2,1-3H3,(H,55,59,61). The molecule has 5 amide bonds. The number of carbonyl (C=O) groups excluding carboxylic acids is 5. The Morgan fingerprint density at radius 3 is 2.28 bits per heavy atom. The molecule has 2 saturated heterocycles. The lowest BCUT2D eigenvalue weighted by atomic mass is 9.98. The summed E-state index contributed by atoms with van der Waals surface area (Å²) in [6.07, 6.45) is 12.5. The van der Waals surface area contributed by atoms with Gasteiger partial charge >= 0.3 is 0 Å². The van der Waals surface area contributed by atoms with Gasteiger partial charge in [0.2, 0.25) is 17.7 Å². The number of ether oxygens (including phenoxy) is 1. The number of unbranched alkanes of at least 4 members (excludes halogenated alkanes) is 6. The van der Waals surface area contributed by atoms with E-state index in [0.29, 0.717) is 66.4 Å². The normalized spacial score (nSPS) is 16.4. The summed E-state index contributed by atoms with van der Waals surface area (Å²) in [7, 11) is -0.814. The summed E-state index contributed by atoms with van der Waals surface area (Å²) in [5, 5.41) is 3.56. The molecule has 1 N–H and O–H groups in total. The predicted molar refractivity (Wildman–Crippen MR) is 266 cm³/mol. The summed E-state index contributed by atoms with van der Waals surface area (Å²) in [6, 6.07) is 18.3. The number of aryl methyl sites for hydroxylation is 1. The second-order valence-electron chi connectivity index (χ2n) is 18.0. The molecule has 1 aromatic heterocycles. The molecule has 3 aliphatic heterocycles. The third-order valence-electron chi connectivity index (χ3n) is 12.9. The maximum Gasteiger partial charge on any atom is 0.262 e. The van der Waals surface area contributed by atoms with E-state index in [1.54, 1.807) is 38.8 Å². The average Bonchev–Trinajstić information content (AvgIpc) is 3.57. The molecule has 3 aromatic carbocycles. The van der Waals surface area contributed by atoms with Crippen molar-refractivity contribution < 1.29 is 33.3 Å². The fourth-order valence-electron chi connectivity index (χ4n) is 9.24. The van der Waals surface area contributed by atoms with E-state index in [1.807, 2.05) is 47.0 Å². The molecule has 1 unspecified atom stereocenters. The van der Waals surface area contributed by atoms with Crippen molar-refractivity contribution in [1.82, 2.24) is 25.1 Å². The quantitative estimate of drug-likeness (QED) is 0.0461. The van der Waals surface area contributed by atoms with Gasteiger partial charge in [-0.2, -0.15) is 11.8 Å². The zero-order valence-corrected chi connectivity index (χ0v) is 41.4. The molecule has 2 fully saturated rings. The zero-order valence-electron chi connectivity index (χ0n) is 38.9. The number of imide groups is 2. The maximum absolute atomic E-state index is 13.3. The summed E-state index contributed by atoms with van der Waals surface area (Å²) in [5.41, 5.74) is 5.23. The van der Waals surface area contributed by atoms with Gasteiger partial charge in [-0.25, -0.2) is 9.97 Å². The van der Waals surface area contributed by atoms with Crippen molar-refractivity contribution >= 4 is 71.0 Å². The molecule has 67 heavy (non-hydrogen) atoms. The Balaban J connectivity index is 0.744. The number of amides is 5. The van der Waals surface area contributed by atoms with Crippen molar-refractivity contribution in [2.75, 3.05) is 63.0 Å². The fourth-order valence-corrected chi connectivity index (χ4v) is 11.7. The molecule has 4 aromatic rings. The first kappa shape index (κ1) is 49.9. The topological polar surface area (TPSA) is 159 Å². The zero-order chi connectivity index (χ0) is 47.5. The minimum absolute atomic E-state index is 0.103. The summed E-state index contributed by atoms with van der Waals surface area (Å²) < 4.78 is 18.8. The minimum Gasteiger partial charge on any atom is -0.496 e. The molecule has 356 valence electrons. The first-order valence-electron chi connectivity index (χ1n) is 23.6. The highest BCUT2D eigenvalue weighted by atomic mass is 35.5. The molecule has 0 spiro atoms. The number of hydrogen-bond donors (Lipinski definition) is 1. The molecule has 0 aliphatic carbocycles. The second-order valence-corrected chi connectivity index (χ2v) is 22.8. The number of methoxy groups -OCH3 is 1. The van der Waals surface area contributed by atoms with Gasteiger partial charge in [0.15, 0.2) is 0 Å². The smallest absolute Gasteiger partial charge is 0.262 e. The van der Waals surface area contributed by atoms with Gasteiger partial charge in [0.1, 0.15) is 24.8 Å². The van der Waals surface area contributed by atoms with Crippen LogP contribution >= 0.6 is 30.5 Å². The number of nitrogens with one attached hydrogen (secondary N) is 1. The predicted octanol–water partition coefficient (Wildman–Crippen LogP) is 8.10. The van der Waals surface area contributed by atoms with Crippen LogP contribution in [0.25, 0.3) is 0 Å². The molecule has 13 nitrogen and oxygen atoms in total. The van der Waals surface area contributed by atoms with E-state index in [9.17, 15) is 28.5 Å². The first-order chi connectivity index (χ1) is 32.3. The summed E-state index contributed by atoms with van der Waals surface area (Å²) in [5.74, 6) is 1.96. The third kappa shape index (κ3) is 12.7. The Morgan fingerprint density at radius 1 is 0.836 bits per heavy atom. The molecule has 4 heterocycles. The number of carbonyl (C=O) groups is 5. The number of thioether (sulfide) groups is 1. The number of nitrogens with zero attached hydrogens (tertiary/aromatic N) is 5. The van der Waals surface area contributed by atoms with Gasteiger partial charge in [0.05, 0.1) is 29.0 Å². The number of piperazine rings is 1. The van der Waals surface area contributed by atoms with Crippen LogP contribution in [-0.2, 0) is 38.2 Å². The van der Waals surface area contributed by atoms with Gasteiger partial charge in [-0.05, 0) is 86.6 Å². The Labute approximate surface area is 403 Å². The fraction of sp³-hybridized carbons (Fsp3) is 0.471. The van der Waals surface area contributed by atoms with E-state index in [4.69, 9.17) is 21.3 Å². The van der Waals surface area contributed by atoms with Crippen LogP contribution in [-0.4, -0.2) is 113 Å². The van der Waals surface area contributed by atoms with E-state index in [1.165, 1.54) is 0 Å². The van der Waals surface area contributed by atoms with E-state index in [2.05, 4.69) is 33.4 Å². The van der Waals surface area contributed by atoms with Crippen molar-refractivity contribution in [2.45, 2.75) is 95.9 Å². The molecular formula is C51H62ClN6O7PS. The largest absolute Gasteiger partial charge is 0.496 e. The summed E-state index contributed by atoms with van der Waals surface area (Å²) in [4.78, 5) is 78.2. The SMILES string of the molecule is COc1cc(N2CCN(C(=O)CCCCCCSCCCCCCc3cccc4c3C(=O)N(C3CCC(=O)NC3=O)C4=O)CC2)ccc1Cc1ncc(Cl)c(Cc2ccccc2P(C)(C)=O)n1. The monoisotopic (exact) mass is 968 g/mol. The van der Waals surface area contributed by atoms with Gasteiger partial charge in [0, 0.05) is 80.7 Å².